The smallest absolute Gasteiger partial charge is 0.0586 e. The summed E-state index contributed by atoms with van der Waals surface area (Å²) in [7, 11) is 2.01. The Morgan fingerprint density at radius 3 is 2.61 bits per heavy atom. The first-order chi connectivity index (χ1) is 8.86. The highest BCUT2D eigenvalue weighted by molar-refractivity contribution is 5.86. The van der Waals surface area contributed by atoms with Crippen molar-refractivity contribution < 1.29 is 4.74 Å². The van der Waals surface area contributed by atoms with Crippen LogP contribution in [0.25, 0.3) is 10.8 Å². The van der Waals surface area contributed by atoms with Crippen LogP contribution in [0, 0.1) is 0 Å². The zero-order chi connectivity index (χ0) is 12.4. The molecule has 1 N–H and O–H groups in total. The van der Waals surface area contributed by atoms with E-state index in [-0.39, 0.29) is 5.41 Å². The van der Waals surface area contributed by atoms with E-state index in [9.17, 15) is 0 Å². The molecule has 0 amide bonds. The van der Waals surface area contributed by atoms with Gasteiger partial charge in [-0.1, -0.05) is 42.5 Å². The van der Waals surface area contributed by atoms with E-state index in [0.717, 1.165) is 26.2 Å². The average Bonchev–Trinajstić information content (AvgIpc) is 2.38. The summed E-state index contributed by atoms with van der Waals surface area (Å²) in [5.41, 5.74) is 1.66. The van der Waals surface area contributed by atoms with Gasteiger partial charge in [0.25, 0.3) is 0 Å². The lowest BCUT2D eigenvalue weighted by Gasteiger charge is -2.42. The van der Waals surface area contributed by atoms with Crippen LogP contribution in [0.15, 0.2) is 42.5 Å². The Morgan fingerprint density at radius 1 is 1.11 bits per heavy atom. The highest BCUT2D eigenvalue weighted by atomic mass is 16.5. The van der Waals surface area contributed by atoms with Gasteiger partial charge in [-0.15, -0.1) is 0 Å². The summed E-state index contributed by atoms with van der Waals surface area (Å²) in [5.74, 6) is 0. The molecular weight excluding hydrogens is 222 g/mol. The Labute approximate surface area is 108 Å². The van der Waals surface area contributed by atoms with E-state index >= 15 is 0 Å². The van der Waals surface area contributed by atoms with Gasteiger partial charge in [0, 0.05) is 5.41 Å². The number of hydrogen-bond acceptors (Lipinski definition) is 2. The first kappa shape index (κ1) is 11.7. The van der Waals surface area contributed by atoms with Gasteiger partial charge in [-0.3, -0.25) is 0 Å². The third kappa shape index (κ3) is 1.82. The van der Waals surface area contributed by atoms with Gasteiger partial charge in [-0.05, 0) is 36.3 Å². The molecule has 1 aliphatic rings. The Hall–Kier alpha value is -1.38. The fraction of sp³-hybridized carbons (Fsp3) is 0.375. The van der Waals surface area contributed by atoms with Crippen LogP contribution in [-0.4, -0.2) is 26.8 Å². The predicted molar refractivity (Wildman–Crippen MR) is 75.0 cm³/mol. The lowest BCUT2D eigenvalue weighted by molar-refractivity contribution is -0.0630. The summed E-state index contributed by atoms with van der Waals surface area (Å²) in [4.78, 5) is 0. The minimum absolute atomic E-state index is 0.212. The van der Waals surface area contributed by atoms with Gasteiger partial charge in [0.15, 0.2) is 0 Å². The lowest BCUT2D eigenvalue weighted by atomic mass is 9.74. The summed E-state index contributed by atoms with van der Waals surface area (Å²) in [6.45, 7) is 2.73. The molecule has 1 aliphatic heterocycles. The van der Waals surface area contributed by atoms with Crippen LogP contribution < -0.4 is 5.32 Å². The molecule has 0 radical (unpaired) electrons. The molecule has 0 atom stereocenters. The number of benzene rings is 2. The quantitative estimate of drug-likeness (QED) is 0.888. The molecule has 0 aromatic heterocycles. The highest BCUT2D eigenvalue weighted by Gasteiger charge is 2.40. The minimum Gasteiger partial charge on any atom is -0.379 e. The zero-order valence-electron chi connectivity index (χ0n) is 10.8. The third-order valence-corrected chi connectivity index (χ3v) is 3.97. The van der Waals surface area contributed by atoms with Crippen LogP contribution in [0.3, 0.4) is 0 Å². The number of nitrogens with one attached hydrogen (secondary N) is 1. The molecule has 0 spiro atoms. The Balaban J connectivity index is 2.07. The maximum Gasteiger partial charge on any atom is 0.0586 e. The standard InChI is InChI=1S/C16H19NO/c1-17-10-9-16(11-18-12-16)15-8-4-6-13-5-2-3-7-14(13)15/h2-8,17H,9-12H2,1H3. The largest absolute Gasteiger partial charge is 0.379 e. The average molecular weight is 241 g/mol. The van der Waals surface area contributed by atoms with E-state index in [1.54, 1.807) is 0 Å². The number of fused-ring (bicyclic) bond motifs is 1. The van der Waals surface area contributed by atoms with Crippen LogP contribution in [0.1, 0.15) is 12.0 Å². The molecule has 0 bridgehead atoms. The highest BCUT2D eigenvalue weighted by Crippen LogP contribution is 2.39. The van der Waals surface area contributed by atoms with Crippen molar-refractivity contribution in [2.45, 2.75) is 11.8 Å². The van der Waals surface area contributed by atoms with Gasteiger partial charge in [-0.25, -0.2) is 0 Å². The lowest BCUT2D eigenvalue weighted by Crippen LogP contribution is -2.48. The first-order valence-corrected chi connectivity index (χ1v) is 6.56. The number of hydrogen-bond donors (Lipinski definition) is 1. The molecule has 0 aliphatic carbocycles. The molecule has 2 aromatic rings. The van der Waals surface area contributed by atoms with Crippen molar-refractivity contribution in [3.05, 3.63) is 48.0 Å². The molecular formula is C16H19NO. The van der Waals surface area contributed by atoms with Crippen LogP contribution in [-0.2, 0) is 10.2 Å². The second-order valence-electron chi connectivity index (χ2n) is 5.15. The van der Waals surface area contributed by atoms with E-state index in [1.165, 1.54) is 16.3 Å². The van der Waals surface area contributed by atoms with Crippen LogP contribution in [0.4, 0.5) is 0 Å². The molecule has 3 rings (SSSR count). The van der Waals surface area contributed by atoms with Gasteiger partial charge < -0.3 is 10.1 Å². The second-order valence-corrected chi connectivity index (χ2v) is 5.15. The molecule has 1 fully saturated rings. The molecule has 1 saturated heterocycles. The van der Waals surface area contributed by atoms with Crippen molar-refractivity contribution >= 4 is 10.8 Å². The monoisotopic (exact) mass is 241 g/mol. The van der Waals surface area contributed by atoms with E-state index in [1.807, 2.05) is 7.05 Å². The van der Waals surface area contributed by atoms with Crippen molar-refractivity contribution in [1.29, 1.82) is 0 Å². The van der Waals surface area contributed by atoms with E-state index in [2.05, 4.69) is 47.8 Å². The third-order valence-electron chi connectivity index (χ3n) is 3.97. The van der Waals surface area contributed by atoms with E-state index < -0.39 is 0 Å². The van der Waals surface area contributed by atoms with Crippen LogP contribution >= 0.6 is 0 Å². The van der Waals surface area contributed by atoms with Crippen molar-refractivity contribution in [2.24, 2.45) is 0 Å². The second kappa shape index (κ2) is 4.71. The van der Waals surface area contributed by atoms with Crippen LogP contribution in [0.2, 0.25) is 0 Å². The maximum atomic E-state index is 5.51. The van der Waals surface area contributed by atoms with Crippen molar-refractivity contribution in [3.8, 4) is 0 Å². The van der Waals surface area contributed by atoms with Gasteiger partial charge in [-0.2, -0.15) is 0 Å². The van der Waals surface area contributed by atoms with Crippen molar-refractivity contribution in [3.63, 3.8) is 0 Å². The van der Waals surface area contributed by atoms with Crippen molar-refractivity contribution in [2.75, 3.05) is 26.8 Å². The first-order valence-electron chi connectivity index (χ1n) is 6.56. The molecule has 18 heavy (non-hydrogen) atoms. The molecule has 0 unspecified atom stereocenters. The summed E-state index contributed by atoms with van der Waals surface area (Å²) >= 11 is 0. The van der Waals surface area contributed by atoms with Gasteiger partial charge in [0.1, 0.15) is 0 Å². The minimum atomic E-state index is 0.212. The van der Waals surface area contributed by atoms with E-state index in [4.69, 9.17) is 4.74 Å². The molecule has 1 heterocycles. The van der Waals surface area contributed by atoms with Crippen molar-refractivity contribution in [1.82, 2.24) is 5.32 Å². The molecule has 2 heteroatoms. The summed E-state index contributed by atoms with van der Waals surface area (Å²) in [6, 6.07) is 15.2. The number of ether oxygens (including phenoxy) is 1. The Kier molecular flexibility index (Phi) is 3.06. The molecule has 94 valence electrons. The van der Waals surface area contributed by atoms with Crippen LogP contribution in [0.5, 0.6) is 0 Å². The molecule has 2 nitrogen and oxygen atoms in total. The maximum absolute atomic E-state index is 5.51. The summed E-state index contributed by atoms with van der Waals surface area (Å²) < 4.78 is 5.51. The zero-order valence-corrected chi connectivity index (χ0v) is 10.8. The Morgan fingerprint density at radius 2 is 1.89 bits per heavy atom. The predicted octanol–water partition coefficient (Wildman–Crippen LogP) is 2.72. The number of rotatable bonds is 4. The molecule has 2 aromatic carbocycles. The topological polar surface area (TPSA) is 21.3 Å². The van der Waals surface area contributed by atoms with Gasteiger partial charge >= 0.3 is 0 Å². The summed E-state index contributed by atoms with van der Waals surface area (Å²) in [6.07, 6.45) is 1.14. The van der Waals surface area contributed by atoms with Gasteiger partial charge in [0.05, 0.1) is 13.2 Å². The normalized spacial score (nSPS) is 17.6. The molecule has 0 saturated carbocycles. The van der Waals surface area contributed by atoms with Gasteiger partial charge in [0.2, 0.25) is 0 Å². The fourth-order valence-corrected chi connectivity index (χ4v) is 2.84. The summed E-state index contributed by atoms with van der Waals surface area (Å²) in [5, 5.41) is 5.95. The van der Waals surface area contributed by atoms with E-state index in [0.29, 0.717) is 0 Å². The fourth-order valence-electron chi connectivity index (χ4n) is 2.84. The Bertz CT molecular complexity index is 540. The SMILES string of the molecule is CNCCC1(c2cccc3ccccc23)COC1.